The highest BCUT2D eigenvalue weighted by molar-refractivity contribution is 5.82. The Hall–Kier alpha value is -0.710. The Bertz CT molecular complexity index is 215. The van der Waals surface area contributed by atoms with Gasteiger partial charge >= 0.3 is 0 Å². The van der Waals surface area contributed by atoms with Crippen molar-refractivity contribution < 1.29 is 13.6 Å². The molecule has 3 nitrogen and oxygen atoms in total. The number of nitrogens with zero attached hydrogens (tertiary/aromatic N) is 1. The van der Waals surface area contributed by atoms with E-state index in [1.54, 1.807) is 0 Å². The molecule has 1 heterocycles. The first-order valence-corrected chi connectivity index (χ1v) is 4.82. The van der Waals surface area contributed by atoms with Crippen LogP contribution >= 0.6 is 0 Å². The molecule has 1 rings (SSSR count). The van der Waals surface area contributed by atoms with Gasteiger partial charge in [0.25, 0.3) is 0 Å². The number of halogens is 2. The van der Waals surface area contributed by atoms with Crippen molar-refractivity contribution >= 4 is 5.91 Å². The van der Waals surface area contributed by atoms with Crippen molar-refractivity contribution in [3.8, 4) is 0 Å². The van der Waals surface area contributed by atoms with Gasteiger partial charge in [-0.05, 0) is 19.8 Å². The van der Waals surface area contributed by atoms with E-state index >= 15 is 0 Å². The van der Waals surface area contributed by atoms with Crippen LogP contribution in [0.4, 0.5) is 8.78 Å². The number of piperidine rings is 1. The number of carbonyl (C=O) groups excluding carboxylic acids is 1. The highest BCUT2D eigenvalue weighted by atomic mass is 19.3. The van der Waals surface area contributed by atoms with Gasteiger partial charge in [0.2, 0.25) is 11.8 Å². The largest absolute Gasteiger partial charge is 0.341 e. The molecule has 14 heavy (non-hydrogen) atoms. The second-order valence-electron chi connectivity index (χ2n) is 3.89. The first-order chi connectivity index (χ1) is 6.40. The van der Waals surface area contributed by atoms with Gasteiger partial charge in [0.1, 0.15) is 0 Å². The zero-order valence-electron chi connectivity index (χ0n) is 8.30. The molecular formula is C9H16F2N2O. The van der Waals surface area contributed by atoms with Gasteiger partial charge < -0.3 is 10.6 Å². The average molecular weight is 206 g/mol. The van der Waals surface area contributed by atoms with Gasteiger partial charge in [-0.3, -0.25) is 4.79 Å². The van der Waals surface area contributed by atoms with Crippen LogP contribution in [0.5, 0.6) is 0 Å². The van der Waals surface area contributed by atoms with Gasteiger partial charge in [0.15, 0.2) is 0 Å². The predicted octanol–water partition coefficient (Wildman–Crippen LogP) is 0.981. The Morgan fingerprint density at radius 1 is 1.64 bits per heavy atom. The third-order valence-electron chi connectivity index (χ3n) is 2.39. The summed E-state index contributed by atoms with van der Waals surface area (Å²) < 4.78 is 25.1. The van der Waals surface area contributed by atoms with Gasteiger partial charge in [0.05, 0.1) is 6.04 Å². The third kappa shape index (κ3) is 3.21. The van der Waals surface area contributed by atoms with Crippen LogP contribution in [0.2, 0.25) is 0 Å². The zero-order valence-corrected chi connectivity index (χ0v) is 8.30. The number of carbonyl (C=O) groups is 1. The van der Waals surface area contributed by atoms with Crippen LogP contribution in [0.15, 0.2) is 0 Å². The highest BCUT2D eigenvalue weighted by Crippen LogP contribution is 2.19. The monoisotopic (exact) mass is 206 g/mol. The van der Waals surface area contributed by atoms with Crippen molar-refractivity contribution in [3.63, 3.8) is 0 Å². The second kappa shape index (κ2) is 4.21. The molecule has 0 aromatic carbocycles. The molecule has 0 saturated carbocycles. The molecular weight excluding hydrogens is 190 g/mol. The number of likely N-dealkylation sites (tertiary alicyclic amines) is 1. The predicted molar refractivity (Wildman–Crippen MR) is 49.0 cm³/mol. The standard InChI is InChI=1S/C9H16F2N2O/c1-9(10,11)4-6-13-5-2-3-7(12)8(13)14/h7H,2-6,12H2,1H3. The fourth-order valence-corrected chi connectivity index (χ4v) is 1.52. The van der Waals surface area contributed by atoms with Gasteiger partial charge in [-0.15, -0.1) is 0 Å². The minimum Gasteiger partial charge on any atom is -0.341 e. The Morgan fingerprint density at radius 2 is 2.29 bits per heavy atom. The van der Waals surface area contributed by atoms with Gasteiger partial charge in [-0.25, -0.2) is 8.78 Å². The third-order valence-corrected chi connectivity index (χ3v) is 2.39. The first kappa shape index (κ1) is 11.4. The molecule has 5 heteroatoms. The first-order valence-electron chi connectivity index (χ1n) is 4.82. The molecule has 1 aliphatic rings. The van der Waals surface area contributed by atoms with Crippen molar-refractivity contribution in [2.24, 2.45) is 5.73 Å². The Balaban J connectivity index is 2.40. The SMILES string of the molecule is CC(F)(F)CCN1CCCC(N)C1=O. The summed E-state index contributed by atoms with van der Waals surface area (Å²) in [5.41, 5.74) is 5.53. The van der Waals surface area contributed by atoms with Crippen LogP contribution in [0.1, 0.15) is 26.2 Å². The molecule has 82 valence electrons. The van der Waals surface area contributed by atoms with E-state index in [1.165, 1.54) is 4.90 Å². The highest BCUT2D eigenvalue weighted by Gasteiger charge is 2.28. The van der Waals surface area contributed by atoms with E-state index < -0.39 is 12.0 Å². The molecule has 0 bridgehead atoms. The normalized spacial score (nSPS) is 24.1. The number of hydrogen-bond acceptors (Lipinski definition) is 2. The fraction of sp³-hybridized carbons (Fsp3) is 0.889. The molecule has 1 amide bonds. The number of hydrogen-bond donors (Lipinski definition) is 1. The van der Waals surface area contributed by atoms with Crippen LogP contribution in [-0.4, -0.2) is 35.9 Å². The summed E-state index contributed by atoms with van der Waals surface area (Å²) in [6.45, 7) is 1.53. The molecule has 1 fully saturated rings. The lowest BCUT2D eigenvalue weighted by Crippen LogP contribution is -2.49. The molecule has 0 aromatic heterocycles. The lowest BCUT2D eigenvalue weighted by atomic mass is 10.1. The Labute approximate surface area is 82.2 Å². The molecule has 0 radical (unpaired) electrons. The van der Waals surface area contributed by atoms with E-state index in [9.17, 15) is 13.6 Å². The van der Waals surface area contributed by atoms with Crippen molar-refractivity contribution in [1.29, 1.82) is 0 Å². The minimum absolute atomic E-state index is 0.107. The maximum absolute atomic E-state index is 12.5. The molecule has 0 aromatic rings. The lowest BCUT2D eigenvalue weighted by molar-refractivity contribution is -0.135. The van der Waals surface area contributed by atoms with Crippen LogP contribution in [0, 0.1) is 0 Å². The zero-order chi connectivity index (χ0) is 10.8. The molecule has 0 aliphatic carbocycles. The number of rotatable bonds is 3. The van der Waals surface area contributed by atoms with Crippen LogP contribution < -0.4 is 5.73 Å². The van der Waals surface area contributed by atoms with Crippen molar-refractivity contribution in [2.75, 3.05) is 13.1 Å². The topological polar surface area (TPSA) is 46.3 Å². The summed E-state index contributed by atoms with van der Waals surface area (Å²) in [5.74, 6) is -2.90. The molecule has 1 unspecified atom stereocenters. The van der Waals surface area contributed by atoms with E-state index in [-0.39, 0.29) is 18.9 Å². The molecule has 1 atom stereocenters. The van der Waals surface area contributed by atoms with E-state index in [4.69, 9.17) is 5.73 Å². The lowest BCUT2D eigenvalue weighted by Gasteiger charge is -2.31. The van der Waals surface area contributed by atoms with Gasteiger partial charge in [0, 0.05) is 19.5 Å². The second-order valence-corrected chi connectivity index (χ2v) is 3.89. The smallest absolute Gasteiger partial charge is 0.247 e. The van der Waals surface area contributed by atoms with Crippen molar-refractivity contribution in [1.82, 2.24) is 4.90 Å². The van der Waals surface area contributed by atoms with Gasteiger partial charge in [-0.2, -0.15) is 0 Å². The quantitative estimate of drug-likeness (QED) is 0.748. The summed E-state index contributed by atoms with van der Waals surface area (Å²) in [4.78, 5) is 12.8. The molecule has 1 saturated heterocycles. The number of alkyl halides is 2. The summed E-state index contributed by atoms with van der Waals surface area (Å²) in [6, 6.07) is -0.491. The number of amides is 1. The molecule has 2 N–H and O–H groups in total. The van der Waals surface area contributed by atoms with Crippen LogP contribution in [0.25, 0.3) is 0 Å². The summed E-state index contributed by atoms with van der Waals surface area (Å²) in [5, 5.41) is 0. The van der Waals surface area contributed by atoms with Crippen molar-refractivity contribution in [2.45, 2.75) is 38.2 Å². The fourth-order valence-electron chi connectivity index (χ4n) is 1.52. The van der Waals surface area contributed by atoms with E-state index in [1.807, 2.05) is 0 Å². The maximum Gasteiger partial charge on any atom is 0.247 e. The van der Waals surface area contributed by atoms with E-state index in [2.05, 4.69) is 0 Å². The Kier molecular flexibility index (Phi) is 3.42. The molecule has 1 aliphatic heterocycles. The van der Waals surface area contributed by atoms with E-state index in [0.29, 0.717) is 13.0 Å². The summed E-state index contributed by atoms with van der Waals surface area (Å²) >= 11 is 0. The molecule has 0 spiro atoms. The maximum atomic E-state index is 12.5. The van der Waals surface area contributed by atoms with Crippen LogP contribution in [-0.2, 0) is 4.79 Å². The average Bonchev–Trinajstić information content (AvgIpc) is 2.06. The van der Waals surface area contributed by atoms with E-state index in [0.717, 1.165) is 13.3 Å². The minimum atomic E-state index is -2.71. The van der Waals surface area contributed by atoms with Gasteiger partial charge in [-0.1, -0.05) is 0 Å². The van der Waals surface area contributed by atoms with Crippen molar-refractivity contribution in [3.05, 3.63) is 0 Å². The van der Waals surface area contributed by atoms with Crippen LogP contribution in [0.3, 0.4) is 0 Å². The summed E-state index contributed by atoms with van der Waals surface area (Å²) in [6.07, 6.45) is 1.19. The summed E-state index contributed by atoms with van der Waals surface area (Å²) in [7, 11) is 0. The number of nitrogens with two attached hydrogens (primary N) is 1. The Morgan fingerprint density at radius 3 is 2.86 bits per heavy atom.